The summed E-state index contributed by atoms with van der Waals surface area (Å²) in [6.45, 7) is 13.0. The van der Waals surface area contributed by atoms with Gasteiger partial charge in [0.15, 0.2) is 0 Å². The highest BCUT2D eigenvalue weighted by molar-refractivity contribution is 5.70. The van der Waals surface area contributed by atoms with Crippen molar-refractivity contribution in [2.75, 3.05) is 18.8 Å². The van der Waals surface area contributed by atoms with E-state index in [0.29, 0.717) is 24.7 Å². The number of carbonyl (C=O) groups excluding carboxylic acids is 1. The van der Waals surface area contributed by atoms with Crippen LogP contribution in [0.1, 0.15) is 51.7 Å². The maximum absolute atomic E-state index is 12.0. The van der Waals surface area contributed by atoms with E-state index in [1.807, 2.05) is 53.7 Å². The molecule has 1 saturated heterocycles. The third-order valence-corrected chi connectivity index (χ3v) is 3.73. The molecule has 2 rings (SSSR count). The average molecular weight is 320 g/mol. The third-order valence-electron chi connectivity index (χ3n) is 3.73. The van der Waals surface area contributed by atoms with E-state index in [1.54, 1.807) is 4.90 Å². The quantitative estimate of drug-likeness (QED) is 0.863. The Kier molecular flexibility index (Phi) is 4.78. The molecule has 23 heavy (non-hydrogen) atoms. The summed E-state index contributed by atoms with van der Waals surface area (Å²) in [5, 5.41) is 0. The first-order chi connectivity index (χ1) is 10.6. The molecule has 0 bridgehead atoms. The fourth-order valence-corrected chi connectivity index (χ4v) is 2.67. The summed E-state index contributed by atoms with van der Waals surface area (Å²) in [4.78, 5) is 13.8. The number of amides is 1. The molecule has 1 amide bonds. The largest absolute Gasteiger partial charge is 0.489 e. The predicted molar refractivity (Wildman–Crippen MR) is 91.9 cm³/mol. The number of anilines is 1. The van der Waals surface area contributed by atoms with Crippen molar-refractivity contribution < 1.29 is 14.3 Å². The molecule has 0 radical (unpaired) electrons. The van der Waals surface area contributed by atoms with Gasteiger partial charge in [-0.25, -0.2) is 4.79 Å². The van der Waals surface area contributed by atoms with Crippen molar-refractivity contribution in [2.24, 2.45) is 0 Å². The second-order valence-electron chi connectivity index (χ2n) is 7.50. The van der Waals surface area contributed by atoms with Crippen LogP contribution in [0.3, 0.4) is 0 Å². The second-order valence-corrected chi connectivity index (χ2v) is 7.50. The Labute approximate surface area is 138 Å². The summed E-state index contributed by atoms with van der Waals surface area (Å²) in [6.07, 6.45) is -0.173. The van der Waals surface area contributed by atoms with Crippen molar-refractivity contribution in [1.29, 1.82) is 0 Å². The van der Waals surface area contributed by atoms with Gasteiger partial charge in [-0.15, -0.1) is 0 Å². The molecule has 5 nitrogen and oxygen atoms in total. The first kappa shape index (κ1) is 17.4. The molecule has 0 aliphatic carbocycles. The van der Waals surface area contributed by atoms with Gasteiger partial charge >= 0.3 is 6.09 Å². The van der Waals surface area contributed by atoms with E-state index in [9.17, 15) is 4.79 Å². The molecule has 5 heteroatoms. The van der Waals surface area contributed by atoms with Crippen LogP contribution in [0.5, 0.6) is 5.75 Å². The minimum Gasteiger partial charge on any atom is -0.489 e. The molecule has 1 aliphatic heterocycles. The molecule has 1 heterocycles. The number of nitrogen functional groups attached to an aromatic ring is 1. The summed E-state index contributed by atoms with van der Waals surface area (Å²) < 4.78 is 11.2. The highest BCUT2D eigenvalue weighted by Crippen LogP contribution is 2.35. The van der Waals surface area contributed by atoms with Gasteiger partial charge in [0.2, 0.25) is 0 Å². The normalized spacial score (nSPS) is 15.5. The van der Waals surface area contributed by atoms with Crippen LogP contribution in [0, 0.1) is 6.92 Å². The van der Waals surface area contributed by atoms with Crippen LogP contribution in [0.4, 0.5) is 10.5 Å². The average Bonchev–Trinajstić information content (AvgIpc) is 2.29. The van der Waals surface area contributed by atoms with Crippen LogP contribution in [0.2, 0.25) is 0 Å². The van der Waals surface area contributed by atoms with Crippen LogP contribution in [0.15, 0.2) is 12.1 Å². The van der Waals surface area contributed by atoms with Gasteiger partial charge < -0.3 is 20.1 Å². The molecule has 0 saturated carbocycles. The number of hydrogen-bond donors (Lipinski definition) is 1. The number of likely N-dealkylation sites (tertiary alicyclic amines) is 1. The Hall–Kier alpha value is -1.91. The number of nitrogens with two attached hydrogens (primary N) is 1. The van der Waals surface area contributed by atoms with Gasteiger partial charge in [-0.05, 0) is 64.8 Å². The number of hydrogen-bond acceptors (Lipinski definition) is 4. The summed E-state index contributed by atoms with van der Waals surface area (Å²) in [5.74, 6) is 1.02. The monoisotopic (exact) mass is 320 g/mol. The van der Waals surface area contributed by atoms with Crippen molar-refractivity contribution in [3.8, 4) is 5.75 Å². The van der Waals surface area contributed by atoms with Crippen LogP contribution >= 0.6 is 0 Å². The molecule has 0 atom stereocenters. The molecule has 1 aromatic rings. The van der Waals surface area contributed by atoms with Gasteiger partial charge in [-0.1, -0.05) is 0 Å². The van der Waals surface area contributed by atoms with E-state index >= 15 is 0 Å². The van der Waals surface area contributed by atoms with Crippen molar-refractivity contribution >= 4 is 11.8 Å². The zero-order valence-corrected chi connectivity index (χ0v) is 15.0. The Morgan fingerprint density at radius 3 is 2.43 bits per heavy atom. The number of carbonyl (C=O) groups is 1. The van der Waals surface area contributed by atoms with Gasteiger partial charge in [-0.2, -0.15) is 0 Å². The van der Waals surface area contributed by atoms with Crippen LogP contribution in [-0.4, -0.2) is 35.8 Å². The fourth-order valence-electron chi connectivity index (χ4n) is 2.67. The van der Waals surface area contributed by atoms with Gasteiger partial charge in [0, 0.05) is 19.0 Å². The van der Waals surface area contributed by atoms with Crippen molar-refractivity contribution in [3.63, 3.8) is 0 Å². The zero-order chi connectivity index (χ0) is 17.4. The van der Waals surface area contributed by atoms with E-state index in [2.05, 4.69) is 0 Å². The minimum absolute atomic E-state index is 0.0764. The van der Waals surface area contributed by atoms with Crippen LogP contribution < -0.4 is 10.5 Å². The predicted octanol–water partition coefficient (Wildman–Crippen LogP) is 3.70. The van der Waals surface area contributed by atoms with E-state index < -0.39 is 5.60 Å². The molecular formula is C18H28N2O3. The Morgan fingerprint density at radius 1 is 1.30 bits per heavy atom. The van der Waals surface area contributed by atoms with Crippen molar-refractivity contribution in [1.82, 2.24) is 4.90 Å². The number of nitrogens with zero attached hydrogens (tertiary/aromatic N) is 1. The van der Waals surface area contributed by atoms with Gasteiger partial charge in [0.25, 0.3) is 0 Å². The molecule has 0 spiro atoms. The van der Waals surface area contributed by atoms with Crippen molar-refractivity contribution in [2.45, 2.75) is 59.2 Å². The van der Waals surface area contributed by atoms with Crippen LogP contribution in [0.25, 0.3) is 0 Å². The first-order valence-corrected chi connectivity index (χ1v) is 8.11. The Balaban J connectivity index is 2.06. The number of rotatable bonds is 3. The van der Waals surface area contributed by atoms with Crippen LogP contribution in [-0.2, 0) is 4.74 Å². The molecule has 0 unspecified atom stereocenters. The lowest BCUT2D eigenvalue weighted by Gasteiger charge is -2.40. The standard InChI is InChI=1S/C18H28N2O3/c1-11(2)22-16-8-14(12(3)7-15(16)19)13-9-20(10-13)17(21)23-18(4,5)6/h7-8,11,13H,9-10,19H2,1-6H3. The zero-order valence-electron chi connectivity index (χ0n) is 15.0. The highest BCUT2D eigenvalue weighted by Gasteiger charge is 2.35. The summed E-state index contributed by atoms with van der Waals surface area (Å²) in [6, 6.07) is 3.96. The Bertz CT molecular complexity index is 585. The summed E-state index contributed by atoms with van der Waals surface area (Å²) in [7, 11) is 0. The topological polar surface area (TPSA) is 64.8 Å². The lowest BCUT2D eigenvalue weighted by Crippen LogP contribution is -2.50. The second kappa shape index (κ2) is 6.30. The molecule has 1 aliphatic rings. The van der Waals surface area contributed by atoms with E-state index in [-0.39, 0.29) is 12.2 Å². The van der Waals surface area contributed by atoms with Gasteiger partial charge in [-0.3, -0.25) is 0 Å². The molecule has 128 valence electrons. The first-order valence-electron chi connectivity index (χ1n) is 8.11. The molecular weight excluding hydrogens is 292 g/mol. The molecule has 2 N–H and O–H groups in total. The molecule has 1 aromatic carbocycles. The van der Waals surface area contributed by atoms with Gasteiger partial charge in [0.05, 0.1) is 11.8 Å². The lowest BCUT2D eigenvalue weighted by molar-refractivity contribution is 0.00813. The van der Waals surface area contributed by atoms with E-state index in [1.165, 1.54) is 5.56 Å². The third kappa shape index (κ3) is 4.30. The maximum Gasteiger partial charge on any atom is 0.410 e. The summed E-state index contributed by atoms with van der Waals surface area (Å²) in [5.41, 5.74) is 8.55. The number of ether oxygens (including phenoxy) is 2. The summed E-state index contributed by atoms with van der Waals surface area (Å²) >= 11 is 0. The number of benzene rings is 1. The fraction of sp³-hybridized carbons (Fsp3) is 0.611. The Morgan fingerprint density at radius 2 is 1.91 bits per heavy atom. The van der Waals surface area contributed by atoms with Crippen molar-refractivity contribution in [3.05, 3.63) is 23.3 Å². The maximum atomic E-state index is 12.0. The molecule has 0 aromatic heterocycles. The smallest absolute Gasteiger partial charge is 0.410 e. The molecule has 1 fully saturated rings. The SMILES string of the molecule is Cc1cc(N)c(OC(C)C)cc1C1CN(C(=O)OC(C)(C)C)C1. The van der Waals surface area contributed by atoms with E-state index in [0.717, 1.165) is 11.3 Å². The lowest BCUT2D eigenvalue weighted by atomic mass is 9.88. The minimum atomic E-state index is -0.461. The highest BCUT2D eigenvalue weighted by atomic mass is 16.6. The van der Waals surface area contributed by atoms with E-state index in [4.69, 9.17) is 15.2 Å². The van der Waals surface area contributed by atoms with Gasteiger partial charge in [0.1, 0.15) is 11.4 Å². The number of aryl methyl sites for hydroxylation is 1.